The highest BCUT2D eigenvalue weighted by molar-refractivity contribution is 5.95. The molecule has 7 nitrogen and oxygen atoms in total. The number of benzene rings is 1. The lowest BCUT2D eigenvalue weighted by Crippen LogP contribution is -2.64. The summed E-state index contributed by atoms with van der Waals surface area (Å²) >= 11 is 0. The highest BCUT2D eigenvalue weighted by atomic mass is 19.4. The van der Waals surface area contributed by atoms with Gasteiger partial charge in [-0.1, -0.05) is 0 Å². The van der Waals surface area contributed by atoms with Gasteiger partial charge in [-0.25, -0.2) is 9.59 Å². The summed E-state index contributed by atoms with van der Waals surface area (Å²) in [6.45, 7) is 6.49. The number of nitrogens with zero attached hydrogens (tertiary/aromatic N) is 1. The van der Waals surface area contributed by atoms with E-state index in [9.17, 15) is 32.7 Å². The van der Waals surface area contributed by atoms with E-state index in [0.717, 1.165) is 18.6 Å². The van der Waals surface area contributed by atoms with Gasteiger partial charge in [-0.05, 0) is 90.0 Å². The molecular formula is C24H31F3N2O5. The number of halogens is 3. The standard InChI is InChI=1S/C24H31F3N2O5/c1-22(2,3)34-21(33)28-23(4,20(31)32)16-12-17-6-5-7-18(13-16)29(17)19(30)14-8-10-15(11-9-14)24(25,26)27/h8-11,16-18H,5-7,12-13H2,1-4H3,(H,28,33)(H,31,32). The van der Waals surface area contributed by atoms with Crippen LogP contribution in [0.2, 0.25) is 0 Å². The Balaban J connectivity index is 1.80. The zero-order valence-corrected chi connectivity index (χ0v) is 19.7. The number of alkyl halides is 3. The average Bonchev–Trinajstić information content (AvgIpc) is 2.70. The summed E-state index contributed by atoms with van der Waals surface area (Å²) in [5.74, 6) is -2.01. The number of nitrogens with one attached hydrogen (secondary N) is 1. The fourth-order valence-electron chi connectivity index (χ4n) is 4.98. The van der Waals surface area contributed by atoms with Gasteiger partial charge in [0.05, 0.1) is 5.56 Å². The fourth-order valence-corrected chi connectivity index (χ4v) is 4.98. The molecule has 3 rings (SSSR count). The molecule has 0 spiro atoms. The third kappa shape index (κ3) is 5.47. The lowest BCUT2D eigenvalue weighted by Gasteiger charge is -2.52. The van der Waals surface area contributed by atoms with Gasteiger partial charge in [-0.2, -0.15) is 13.2 Å². The second-order valence-electron chi connectivity index (χ2n) is 10.3. The number of piperidine rings is 2. The van der Waals surface area contributed by atoms with Crippen molar-refractivity contribution in [1.29, 1.82) is 0 Å². The molecule has 2 bridgehead atoms. The Labute approximate surface area is 196 Å². The Bertz CT molecular complexity index is 927. The first-order chi connectivity index (χ1) is 15.6. The Kier molecular flexibility index (Phi) is 6.92. The van der Waals surface area contributed by atoms with Crippen molar-refractivity contribution in [3.05, 3.63) is 35.4 Å². The molecule has 0 radical (unpaired) electrons. The number of amides is 2. The lowest BCUT2D eigenvalue weighted by molar-refractivity contribution is -0.148. The Hall–Kier alpha value is -2.78. The molecule has 0 aliphatic carbocycles. The highest BCUT2D eigenvalue weighted by Crippen LogP contribution is 2.42. The van der Waals surface area contributed by atoms with E-state index in [2.05, 4.69) is 5.32 Å². The second kappa shape index (κ2) is 9.11. The van der Waals surface area contributed by atoms with E-state index in [4.69, 9.17) is 4.74 Å². The van der Waals surface area contributed by atoms with Crippen LogP contribution in [0.1, 0.15) is 75.7 Å². The van der Waals surface area contributed by atoms with Gasteiger partial charge in [0, 0.05) is 17.6 Å². The number of fused-ring (bicyclic) bond motifs is 2. The van der Waals surface area contributed by atoms with Crippen molar-refractivity contribution in [2.75, 3.05) is 0 Å². The van der Waals surface area contributed by atoms with Gasteiger partial charge in [0.1, 0.15) is 11.1 Å². The second-order valence-corrected chi connectivity index (χ2v) is 10.3. The monoisotopic (exact) mass is 484 g/mol. The number of carboxylic acid groups (broad SMARTS) is 1. The molecule has 3 atom stereocenters. The van der Waals surface area contributed by atoms with Gasteiger partial charge in [0.15, 0.2) is 0 Å². The number of carbonyl (C=O) groups is 3. The lowest BCUT2D eigenvalue weighted by atomic mass is 9.70. The van der Waals surface area contributed by atoms with Crippen molar-refractivity contribution in [3.63, 3.8) is 0 Å². The summed E-state index contributed by atoms with van der Waals surface area (Å²) in [5, 5.41) is 12.5. The summed E-state index contributed by atoms with van der Waals surface area (Å²) in [6, 6.07) is 3.60. The summed E-state index contributed by atoms with van der Waals surface area (Å²) in [6.07, 6.45) is -2.45. The van der Waals surface area contributed by atoms with E-state index < -0.39 is 40.9 Å². The van der Waals surface area contributed by atoms with Crippen LogP contribution in [0.3, 0.4) is 0 Å². The molecule has 1 aromatic rings. The van der Waals surface area contributed by atoms with E-state index in [1.165, 1.54) is 19.1 Å². The molecule has 2 aliphatic rings. The number of hydrogen-bond acceptors (Lipinski definition) is 4. The quantitative estimate of drug-likeness (QED) is 0.637. The minimum absolute atomic E-state index is 0.163. The zero-order valence-electron chi connectivity index (χ0n) is 19.7. The average molecular weight is 485 g/mol. The van der Waals surface area contributed by atoms with E-state index >= 15 is 0 Å². The molecule has 34 heavy (non-hydrogen) atoms. The molecule has 2 amide bonds. The smallest absolute Gasteiger partial charge is 0.416 e. The number of carbonyl (C=O) groups excluding carboxylic acids is 2. The van der Waals surface area contributed by atoms with Gasteiger partial charge in [-0.15, -0.1) is 0 Å². The maximum atomic E-state index is 13.2. The van der Waals surface area contributed by atoms with Crippen LogP contribution in [0.4, 0.5) is 18.0 Å². The van der Waals surface area contributed by atoms with Gasteiger partial charge in [0.2, 0.25) is 0 Å². The molecule has 188 valence electrons. The molecule has 0 aromatic heterocycles. The van der Waals surface area contributed by atoms with E-state index in [1.807, 2.05) is 0 Å². The third-order valence-electron chi connectivity index (χ3n) is 6.69. The molecule has 3 unspecified atom stereocenters. The number of rotatable bonds is 4. The molecule has 1 aromatic carbocycles. The molecule has 10 heteroatoms. The van der Waals surface area contributed by atoms with Gasteiger partial charge in [-0.3, -0.25) is 4.79 Å². The van der Waals surface area contributed by atoms with Crippen LogP contribution in [0.25, 0.3) is 0 Å². The maximum absolute atomic E-state index is 13.2. The number of ether oxygens (including phenoxy) is 1. The molecule has 2 saturated heterocycles. The highest BCUT2D eigenvalue weighted by Gasteiger charge is 2.51. The van der Waals surface area contributed by atoms with Crippen molar-refractivity contribution in [1.82, 2.24) is 10.2 Å². The predicted molar refractivity (Wildman–Crippen MR) is 117 cm³/mol. The van der Waals surface area contributed by atoms with Crippen LogP contribution in [-0.2, 0) is 15.7 Å². The van der Waals surface area contributed by atoms with Gasteiger partial charge in [0.25, 0.3) is 5.91 Å². The van der Waals surface area contributed by atoms with Crippen LogP contribution in [0.5, 0.6) is 0 Å². The summed E-state index contributed by atoms with van der Waals surface area (Å²) in [7, 11) is 0. The van der Waals surface area contributed by atoms with Crippen LogP contribution in [0.15, 0.2) is 24.3 Å². The summed E-state index contributed by atoms with van der Waals surface area (Å²) in [5.41, 5.74) is -3.05. The topological polar surface area (TPSA) is 95.9 Å². The number of hydrogen-bond donors (Lipinski definition) is 2. The molecular weight excluding hydrogens is 453 g/mol. The van der Waals surface area contributed by atoms with Crippen LogP contribution in [0, 0.1) is 5.92 Å². The Morgan fingerprint density at radius 2 is 1.53 bits per heavy atom. The summed E-state index contributed by atoms with van der Waals surface area (Å²) < 4.78 is 43.9. The van der Waals surface area contributed by atoms with Crippen LogP contribution in [-0.4, -0.2) is 51.2 Å². The molecule has 2 fully saturated rings. The van der Waals surface area contributed by atoms with Crippen LogP contribution < -0.4 is 5.32 Å². The predicted octanol–water partition coefficient (Wildman–Crippen LogP) is 4.85. The third-order valence-corrected chi connectivity index (χ3v) is 6.69. The van der Waals surface area contributed by atoms with E-state index in [1.54, 1.807) is 25.7 Å². The first kappa shape index (κ1) is 25.8. The Morgan fingerprint density at radius 3 is 1.97 bits per heavy atom. The van der Waals surface area contributed by atoms with E-state index in [0.29, 0.717) is 25.7 Å². The molecule has 2 heterocycles. The van der Waals surface area contributed by atoms with Crippen LogP contribution >= 0.6 is 0 Å². The minimum atomic E-state index is -4.49. The molecule has 0 saturated carbocycles. The largest absolute Gasteiger partial charge is 0.480 e. The maximum Gasteiger partial charge on any atom is 0.416 e. The fraction of sp³-hybridized carbons (Fsp3) is 0.625. The summed E-state index contributed by atoms with van der Waals surface area (Å²) in [4.78, 5) is 39.6. The van der Waals surface area contributed by atoms with Crippen molar-refractivity contribution < 1.29 is 37.4 Å². The van der Waals surface area contributed by atoms with Gasteiger partial charge >= 0.3 is 18.2 Å². The first-order valence-electron chi connectivity index (χ1n) is 11.4. The van der Waals surface area contributed by atoms with Gasteiger partial charge < -0.3 is 20.1 Å². The zero-order chi connectivity index (χ0) is 25.5. The number of carboxylic acids is 1. The number of aliphatic carboxylic acids is 1. The van der Waals surface area contributed by atoms with Crippen molar-refractivity contribution >= 4 is 18.0 Å². The van der Waals surface area contributed by atoms with E-state index in [-0.39, 0.29) is 23.6 Å². The minimum Gasteiger partial charge on any atom is -0.480 e. The number of alkyl carbamates (subject to hydrolysis) is 1. The van der Waals surface area contributed by atoms with Crippen molar-refractivity contribution in [2.24, 2.45) is 5.92 Å². The SMILES string of the molecule is CC(C)(C)OC(=O)NC(C)(C(=O)O)C1CC2CCCC(C1)N2C(=O)c1ccc(C(F)(F)F)cc1. The first-order valence-corrected chi connectivity index (χ1v) is 11.4. The molecule has 2 N–H and O–H groups in total. The molecule has 2 aliphatic heterocycles. The van der Waals surface area contributed by atoms with Crippen molar-refractivity contribution in [3.8, 4) is 0 Å². The van der Waals surface area contributed by atoms with Crippen molar-refractivity contribution in [2.45, 2.75) is 89.2 Å². The Morgan fingerprint density at radius 1 is 1.00 bits per heavy atom. The normalized spacial score (nSPS) is 24.7.